The summed E-state index contributed by atoms with van der Waals surface area (Å²) in [6, 6.07) is 12.2. The molecule has 1 heterocycles. The van der Waals surface area contributed by atoms with E-state index in [1.807, 2.05) is 32.0 Å². The second-order valence-corrected chi connectivity index (χ2v) is 7.86. The van der Waals surface area contributed by atoms with Crippen LogP contribution < -0.4 is 0 Å². The van der Waals surface area contributed by atoms with Gasteiger partial charge in [0.25, 0.3) is 5.91 Å². The zero-order chi connectivity index (χ0) is 21.0. The van der Waals surface area contributed by atoms with Crippen molar-refractivity contribution in [1.29, 1.82) is 0 Å². The van der Waals surface area contributed by atoms with E-state index in [0.29, 0.717) is 24.6 Å². The van der Waals surface area contributed by atoms with Crippen LogP contribution in [0.1, 0.15) is 57.2 Å². The van der Waals surface area contributed by atoms with Crippen molar-refractivity contribution in [3.05, 3.63) is 70.3 Å². The van der Waals surface area contributed by atoms with Crippen LogP contribution >= 0.6 is 0 Å². The van der Waals surface area contributed by atoms with E-state index < -0.39 is 5.97 Å². The van der Waals surface area contributed by atoms with Gasteiger partial charge in [0.15, 0.2) is 12.4 Å². The fourth-order valence-corrected chi connectivity index (χ4v) is 3.70. The van der Waals surface area contributed by atoms with Gasteiger partial charge in [-0.1, -0.05) is 42.8 Å². The molecule has 0 saturated carbocycles. The third kappa shape index (κ3) is 4.91. The molecule has 152 valence electrons. The first kappa shape index (κ1) is 20.8. The number of aryl methyl sites for hydroxylation is 2. The van der Waals surface area contributed by atoms with E-state index in [1.165, 1.54) is 0 Å². The summed E-state index contributed by atoms with van der Waals surface area (Å²) in [5, 5.41) is 0. The Labute approximate surface area is 171 Å². The highest BCUT2D eigenvalue weighted by atomic mass is 16.5. The van der Waals surface area contributed by atoms with Crippen LogP contribution in [-0.4, -0.2) is 42.3 Å². The number of benzene rings is 2. The number of amides is 1. The van der Waals surface area contributed by atoms with Crippen LogP contribution in [0, 0.1) is 19.8 Å². The van der Waals surface area contributed by atoms with Crippen molar-refractivity contribution in [2.24, 2.45) is 5.92 Å². The maximum Gasteiger partial charge on any atom is 0.339 e. The number of rotatable bonds is 5. The lowest BCUT2D eigenvalue weighted by molar-refractivity contribution is -0.136. The second kappa shape index (κ2) is 9.03. The fraction of sp³-hybridized carbons (Fsp3) is 0.375. The van der Waals surface area contributed by atoms with Gasteiger partial charge in [0.05, 0.1) is 5.56 Å². The van der Waals surface area contributed by atoms with Gasteiger partial charge in [0, 0.05) is 24.2 Å². The first-order valence-electron chi connectivity index (χ1n) is 10.0. The molecule has 0 aliphatic carbocycles. The molecule has 5 nitrogen and oxygen atoms in total. The number of ketones is 1. The monoisotopic (exact) mass is 393 g/mol. The molecule has 0 bridgehead atoms. The molecule has 1 atom stereocenters. The second-order valence-electron chi connectivity index (χ2n) is 7.86. The first-order chi connectivity index (χ1) is 13.9. The Morgan fingerprint density at radius 2 is 1.76 bits per heavy atom. The summed E-state index contributed by atoms with van der Waals surface area (Å²) in [6.45, 7) is 6.98. The zero-order valence-corrected chi connectivity index (χ0v) is 17.2. The predicted octanol–water partition coefficient (Wildman–Crippen LogP) is 3.95. The number of carbonyl (C=O) groups excluding carboxylic acids is 3. The number of carbonyl (C=O) groups is 3. The first-order valence-corrected chi connectivity index (χ1v) is 10.0. The van der Waals surface area contributed by atoms with Crippen molar-refractivity contribution in [2.75, 3.05) is 19.7 Å². The van der Waals surface area contributed by atoms with Gasteiger partial charge in [-0.3, -0.25) is 9.59 Å². The minimum atomic E-state index is -0.655. The maximum absolute atomic E-state index is 13.1. The van der Waals surface area contributed by atoms with E-state index in [1.54, 1.807) is 29.2 Å². The molecule has 2 aromatic rings. The molecule has 0 radical (unpaired) electrons. The van der Waals surface area contributed by atoms with Crippen molar-refractivity contribution in [3.63, 3.8) is 0 Å². The molecule has 1 unspecified atom stereocenters. The van der Waals surface area contributed by atoms with Crippen LogP contribution in [0.5, 0.6) is 0 Å². The molecule has 1 aliphatic rings. The summed E-state index contributed by atoms with van der Waals surface area (Å²) in [5.41, 5.74) is 2.84. The lowest BCUT2D eigenvalue weighted by Crippen LogP contribution is -2.41. The zero-order valence-electron chi connectivity index (χ0n) is 17.2. The maximum atomic E-state index is 13.1. The standard InChI is InChI=1S/C24H27NO4/c1-16-10-11-18(3)21(13-16)23(27)19-8-4-5-9-20(19)24(28)29-15-22(26)25-12-6-7-17(2)14-25/h4-5,8-11,13,17H,6-7,12,14-15H2,1-3H3. The Morgan fingerprint density at radius 1 is 1.03 bits per heavy atom. The third-order valence-corrected chi connectivity index (χ3v) is 5.37. The third-order valence-electron chi connectivity index (χ3n) is 5.37. The van der Waals surface area contributed by atoms with Gasteiger partial charge < -0.3 is 9.64 Å². The number of hydrogen-bond donors (Lipinski definition) is 0. The molecule has 1 aliphatic heterocycles. The van der Waals surface area contributed by atoms with Crippen molar-refractivity contribution in [2.45, 2.75) is 33.6 Å². The van der Waals surface area contributed by atoms with E-state index >= 15 is 0 Å². The summed E-state index contributed by atoms with van der Waals surface area (Å²) in [4.78, 5) is 39.9. The Bertz CT molecular complexity index is 934. The highest BCUT2D eigenvalue weighted by molar-refractivity contribution is 6.15. The Morgan fingerprint density at radius 3 is 2.48 bits per heavy atom. The normalized spacial score (nSPS) is 16.4. The van der Waals surface area contributed by atoms with Crippen molar-refractivity contribution >= 4 is 17.7 Å². The number of likely N-dealkylation sites (tertiary alicyclic amines) is 1. The van der Waals surface area contributed by atoms with E-state index in [-0.39, 0.29) is 29.4 Å². The molecule has 3 rings (SSSR count). The predicted molar refractivity (Wildman–Crippen MR) is 111 cm³/mol. The average Bonchev–Trinajstić information content (AvgIpc) is 2.73. The van der Waals surface area contributed by atoms with Crippen LogP contribution in [-0.2, 0) is 9.53 Å². The van der Waals surface area contributed by atoms with Crippen LogP contribution in [0.15, 0.2) is 42.5 Å². The van der Waals surface area contributed by atoms with E-state index in [4.69, 9.17) is 4.74 Å². The molecule has 0 N–H and O–H groups in total. The summed E-state index contributed by atoms with van der Waals surface area (Å²) in [7, 11) is 0. The van der Waals surface area contributed by atoms with Crippen LogP contribution in [0.4, 0.5) is 0 Å². The molecular weight excluding hydrogens is 366 g/mol. The summed E-state index contributed by atoms with van der Waals surface area (Å²) in [6.07, 6.45) is 2.07. The Kier molecular flexibility index (Phi) is 6.47. The molecule has 1 saturated heterocycles. The minimum Gasteiger partial charge on any atom is -0.452 e. The smallest absolute Gasteiger partial charge is 0.339 e. The average molecular weight is 393 g/mol. The Balaban J connectivity index is 1.74. The van der Waals surface area contributed by atoms with Crippen molar-refractivity contribution in [1.82, 2.24) is 4.90 Å². The molecule has 0 aromatic heterocycles. The van der Waals surface area contributed by atoms with Crippen LogP contribution in [0.3, 0.4) is 0 Å². The molecule has 0 spiro atoms. The quantitative estimate of drug-likeness (QED) is 0.570. The number of hydrogen-bond acceptors (Lipinski definition) is 4. The summed E-state index contributed by atoms with van der Waals surface area (Å²) in [5.74, 6) is -0.616. The molecule has 5 heteroatoms. The van der Waals surface area contributed by atoms with E-state index in [2.05, 4.69) is 6.92 Å². The SMILES string of the molecule is Cc1ccc(C)c(C(=O)c2ccccc2C(=O)OCC(=O)N2CCCC(C)C2)c1. The molecular formula is C24H27NO4. The van der Waals surface area contributed by atoms with E-state index in [9.17, 15) is 14.4 Å². The largest absolute Gasteiger partial charge is 0.452 e. The van der Waals surface area contributed by atoms with Crippen molar-refractivity contribution < 1.29 is 19.1 Å². The minimum absolute atomic E-state index is 0.179. The molecule has 1 amide bonds. The number of nitrogens with zero attached hydrogens (tertiary/aromatic N) is 1. The summed E-state index contributed by atoms with van der Waals surface area (Å²) >= 11 is 0. The number of ether oxygens (including phenoxy) is 1. The molecule has 2 aromatic carbocycles. The van der Waals surface area contributed by atoms with Crippen LogP contribution in [0.2, 0.25) is 0 Å². The van der Waals surface area contributed by atoms with Gasteiger partial charge in [0.2, 0.25) is 0 Å². The van der Waals surface area contributed by atoms with E-state index in [0.717, 1.165) is 24.0 Å². The topological polar surface area (TPSA) is 63.7 Å². The Hall–Kier alpha value is -2.95. The van der Waals surface area contributed by atoms with Gasteiger partial charge in [0.1, 0.15) is 0 Å². The van der Waals surface area contributed by atoms with Gasteiger partial charge in [-0.25, -0.2) is 4.79 Å². The molecule has 29 heavy (non-hydrogen) atoms. The van der Waals surface area contributed by atoms with Gasteiger partial charge in [-0.2, -0.15) is 0 Å². The van der Waals surface area contributed by atoms with Gasteiger partial charge in [-0.05, 0) is 50.3 Å². The van der Waals surface area contributed by atoms with Gasteiger partial charge >= 0.3 is 5.97 Å². The molecule has 1 fully saturated rings. The van der Waals surface area contributed by atoms with Crippen LogP contribution in [0.25, 0.3) is 0 Å². The number of esters is 1. The van der Waals surface area contributed by atoms with Gasteiger partial charge in [-0.15, -0.1) is 0 Å². The lowest BCUT2D eigenvalue weighted by atomic mass is 9.94. The summed E-state index contributed by atoms with van der Waals surface area (Å²) < 4.78 is 5.28. The van der Waals surface area contributed by atoms with Crippen molar-refractivity contribution in [3.8, 4) is 0 Å². The highest BCUT2D eigenvalue weighted by Gasteiger charge is 2.24. The lowest BCUT2D eigenvalue weighted by Gasteiger charge is -2.30. The number of piperidine rings is 1. The fourth-order valence-electron chi connectivity index (χ4n) is 3.70. The highest BCUT2D eigenvalue weighted by Crippen LogP contribution is 2.20.